The zero-order valence-corrected chi connectivity index (χ0v) is 23.9. The summed E-state index contributed by atoms with van der Waals surface area (Å²) in [6, 6.07) is 17.7. The van der Waals surface area contributed by atoms with E-state index >= 15 is 0 Å². The van der Waals surface area contributed by atoms with Gasteiger partial charge in [-0.25, -0.2) is 5.01 Å². The molecule has 0 unspecified atom stereocenters. The number of hydrogen-bond acceptors (Lipinski definition) is 7. The molecule has 1 heterocycles. The maximum absolute atomic E-state index is 13.7. The molecule has 0 N–H and O–H groups in total. The summed E-state index contributed by atoms with van der Waals surface area (Å²) in [5, 5.41) is 1.80. The Labute approximate surface area is 247 Å². The Hall–Kier alpha value is -4.28. The van der Waals surface area contributed by atoms with Crippen LogP contribution in [0.25, 0.3) is 0 Å². The van der Waals surface area contributed by atoms with Crippen LogP contribution in [0.15, 0.2) is 89.8 Å². The van der Waals surface area contributed by atoms with Crippen molar-refractivity contribution in [2.45, 2.75) is 18.2 Å². The minimum Gasteiger partial charge on any atom is -0.379 e. The second kappa shape index (κ2) is 10.5. The van der Waals surface area contributed by atoms with Crippen LogP contribution in [0.5, 0.6) is 5.75 Å². The molecule has 11 heteroatoms. The Morgan fingerprint density at radius 2 is 1.50 bits per heavy atom. The number of halogens is 1. The molecule has 42 heavy (non-hydrogen) atoms. The fourth-order valence-electron chi connectivity index (χ4n) is 5.93. The molecular weight excluding hydrogens is 580 g/mol. The van der Waals surface area contributed by atoms with Crippen LogP contribution in [0.4, 0.5) is 0 Å². The number of imide groups is 1. The fourth-order valence-corrected chi connectivity index (χ4v) is 7.08. The average Bonchev–Trinajstić information content (AvgIpc) is 3.66. The van der Waals surface area contributed by atoms with E-state index in [9.17, 15) is 27.6 Å². The molecule has 1 saturated carbocycles. The normalized spacial score (nSPS) is 22.4. The first-order valence-corrected chi connectivity index (χ1v) is 15.1. The SMILES string of the molecule is Cc1ccc(S(=O)(=O)Oc2ccc(C(=O)CN(C(=O)c3ccccc3Cl)N3C(=O)[C@H]4[C@H](C3=O)[C@H]3C=C[C@H]4C3)cc2)cc1. The van der Waals surface area contributed by atoms with E-state index in [1.54, 1.807) is 24.3 Å². The number of Topliss-reactive ketones (excluding diaryl/α,β-unsaturated/α-hetero) is 1. The van der Waals surface area contributed by atoms with Crippen LogP contribution in [0.1, 0.15) is 32.7 Å². The van der Waals surface area contributed by atoms with Crippen LogP contribution in [-0.2, 0) is 19.7 Å². The summed E-state index contributed by atoms with van der Waals surface area (Å²) in [6.07, 6.45) is 4.59. The highest BCUT2D eigenvalue weighted by molar-refractivity contribution is 7.87. The number of amides is 3. The quantitative estimate of drug-likeness (QED) is 0.161. The third kappa shape index (κ3) is 4.80. The van der Waals surface area contributed by atoms with Crippen molar-refractivity contribution in [1.29, 1.82) is 0 Å². The highest BCUT2D eigenvalue weighted by Crippen LogP contribution is 2.52. The summed E-state index contributed by atoms with van der Waals surface area (Å²) >= 11 is 6.28. The van der Waals surface area contributed by atoms with Gasteiger partial charge in [-0.15, -0.1) is 0 Å². The molecule has 2 fully saturated rings. The number of allylic oxidation sites excluding steroid dienone is 2. The van der Waals surface area contributed by atoms with E-state index in [4.69, 9.17) is 15.8 Å². The molecule has 0 spiro atoms. The molecule has 0 radical (unpaired) electrons. The van der Waals surface area contributed by atoms with Gasteiger partial charge in [-0.2, -0.15) is 13.4 Å². The van der Waals surface area contributed by atoms with E-state index in [0.29, 0.717) is 6.42 Å². The Bertz CT molecular complexity index is 1720. The van der Waals surface area contributed by atoms with E-state index in [1.165, 1.54) is 48.5 Å². The molecule has 0 aromatic heterocycles. The number of hydrazine groups is 1. The lowest BCUT2D eigenvalue weighted by atomic mass is 9.85. The van der Waals surface area contributed by atoms with Crippen molar-refractivity contribution in [3.05, 3.63) is 107 Å². The molecule has 3 aliphatic rings. The van der Waals surface area contributed by atoms with Gasteiger partial charge in [0, 0.05) is 5.56 Å². The third-order valence-electron chi connectivity index (χ3n) is 8.01. The van der Waals surface area contributed by atoms with Crippen molar-refractivity contribution in [1.82, 2.24) is 10.0 Å². The van der Waals surface area contributed by atoms with E-state index in [1.807, 2.05) is 19.1 Å². The van der Waals surface area contributed by atoms with Gasteiger partial charge in [0.1, 0.15) is 17.2 Å². The number of aryl methyl sites for hydroxylation is 1. The second-order valence-corrected chi connectivity index (χ2v) is 12.6. The van der Waals surface area contributed by atoms with Gasteiger partial charge in [0.25, 0.3) is 17.7 Å². The first-order chi connectivity index (χ1) is 20.0. The van der Waals surface area contributed by atoms with Crippen LogP contribution in [0, 0.1) is 30.6 Å². The summed E-state index contributed by atoms with van der Waals surface area (Å²) in [6.45, 7) is 1.21. The number of rotatable bonds is 8. The van der Waals surface area contributed by atoms with Gasteiger partial charge in [-0.3, -0.25) is 19.2 Å². The van der Waals surface area contributed by atoms with Gasteiger partial charge in [0.15, 0.2) is 5.78 Å². The van der Waals surface area contributed by atoms with Crippen molar-refractivity contribution in [3.8, 4) is 5.75 Å². The molecule has 1 saturated heterocycles. The Morgan fingerprint density at radius 1 is 0.905 bits per heavy atom. The van der Waals surface area contributed by atoms with Crippen LogP contribution >= 0.6 is 11.6 Å². The Morgan fingerprint density at radius 3 is 2.10 bits per heavy atom. The standard InChI is InChI=1S/C31H25ClN2O7S/c1-18-6-14-23(15-7-18)42(39,40)41-22-12-10-19(11-13-22)26(35)17-33(29(36)24-4-2-3-5-25(24)32)34-30(37)27-20-8-9-21(16-20)28(27)31(34)38/h2-15,20-21,27-28H,16-17H2,1H3/t20-,21-,27+,28+/m0/s1. The van der Waals surface area contributed by atoms with Gasteiger partial charge in [-0.1, -0.05) is 53.6 Å². The molecule has 2 bridgehead atoms. The zero-order valence-electron chi connectivity index (χ0n) is 22.3. The monoisotopic (exact) mass is 604 g/mol. The molecule has 4 atom stereocenters. The minimum absolute atomic E-state index is 0.0168. The minimum atomic E-state index is -4.10. The number of carbonyl (C=O) groups is 4. The average molecular weight is 605 g/mol. The molecule has 3 aromatic rings. The lowest BCUT2D eigenvalue weighted by Crippen LogP contribution is -2.52. The first kappa shape index (κ1) is 27.9. The smallest absolute Gasteiger partial charge is 0.339 e. The van der Waals surface area contributed by atoms with E-state index in [0.717, 1.165) is 15.6 Å². The number of hydrogen-bond donors (Lipinski definition) is 0. The van der Waals surface area contributed by atoms with Crippen LogP contribution in [0.3, 0.4) is 0 Å². The predicted molar refractivity (Wildman–Crippen MR) is 152 cm³/mol. The molecule has 2 aliphatic carbocycles. The molecule has 6 rings (SSSR count). The van der Waals surface area contributed by atoms with Crippen LogP contribution in [0.2, 0.25) is 5.02 Å². The van der Waals surface area contributed by atoms with E-state index in [2.05, 4.69) is 0 Å². The molecule has 9 nitrogen and oxygen atoms in total. The molecule has 1 aliphatic heterocycles. The lowest BCUT2D eigenvalue weighted by molar-refractivity contribution is -0.154. The number of ketones is 1. The lowest BCUT2D eigenvalue weighted by Gasteiger charge is -2.31. The summed E-state index contributed by atoms with van der Waals surface area (Å²) in [7, 11) is -4.10. The summed E-state index contributed by atoms with van der Waals surface area (Å²) in [5.74, 6) is -3.71. The Kier molecular flexibility index (Phi) is 6.98. The van der Waals surface area contributed by atoms with Crippen LogP contribution in [-0.4, -0.2) is 48.5 Å². The van der Waals surface area contributed by atoms with Crippen molar-refractivity contribution in [2.75, 3.05) is 6.54 Å². The van der Waals surface area contributed by atoms with Crippen molar-refractivity contribution in [3.63, 3.8) is 0 Å². The molecule has 214 valence electrons. The maximum Gasteiger partial charge on any atom is 0.339 e. The highest BCUT2D eigenvalue weighted by atomic mass is 35.5. The number of benzene rings is 3. The highest BCUT2D eigenvalue weighted by Gasteiger charge is 2.61. The zero-order chi connectivity index (χ0) is 29.8. The fraction of sp³-hybridized carbons (Fsp3) is 0.226. The summed E-state index contributed by atoms with van der Waals surface area (Å²) < 4.78 is 30.5. The largest absolute Gasteiger partial charge is 0.379 e. The topological polar surface area (TPSA) is 118 Å². The second-order valence-electron chi connectivity index (χ2n) is 10.6. The maximum atomic E-state index is 13.7. The van der Waals surface area contributed by atoms with E-state index in [-0.39, 0.29) is 38.6 Å². The van der Waals surface area contributed by atoms with Gasteiger partial charge in [0.2, 0.25) is 0 Å². The predicted octanol–water partition coefficient (Wildman–Crippen LogP) is 4.46. The number of carbonyl (C=O) groups excluding carboxylic acids is 4. The molecular formula is C31H25ClN2O7S. The number of nitrogens with zero attached hydrogens (tertiary/aromatic N) is 2. The van der Waals surface area contributed by atoms with Gasteiger partial charge < -0.3 is 4.18 Å². The number of fused-ring (bicyclic) bond motifs is 5. The van der Waals surface area contributed by atoms with Crippen molar-refractivity contribution >= 4 is 45.2 Å². The first-order valence-electron chi connectivity index (χ1n) is 13.3. The molecule has 3 amide bonds. The van der Waals surface area contributed by atoms with Crippen molar-refractivity contribution in [2.24, 2.45) is 23.7 Å². The van der Waals surface area contributed by atoms with Gasteiger partial charge in [-0.05, 0) is 73.7 Å². The van der Waals surface area contributed by atoms with E-state index < -0.39 is 52.0 Å². The third-order valence-corrected chi connectivity index (χ3v) is 9.60. The molecule has 3 aromatic carbocycles. The summed E-state index contributed by atoms with van der Waals surface area (Å²) in [5.41, 5.74) is 1.05. The Balaban J connectivity index is 1.25. The van der Waals surface area contributed by atoms with Crippen LogP contribution < -0.4 is 4.18 Å². The summed E-state index contributed by atoms with van der Waals surface area (Å²) in [4.78, 5) is 54.2. The van der Waals surface area contributed by atoms with Gasteiger partial charge in [0.05, 0.1) is 22.4 Å². The van der Waals surface area contributed by atoms with Gasteiger partial charge >= 0.3 is 10.1 Å². The van der Waals surface area contributed by atoms with Crippen molar-refractivity contribution < 1.29 is 31.8 Å².